The molecule has 0 aliphatic carbocycles. The van der Waals surface area contributed by atoms with Gasteiger partial charge in [-0.05, 0) is 58.4 Å². The second-order valence-corrected chi connectivity index (χ2v) is 9.90. The van der Waals surface area contributed by atoms with Gasteiger partial charge in [-0.25, -0.2) is 14.4 Å². The number of aryl methyl sites for hydroxylation is 1. The third-order valence-electron chi connectivity index (χ3n) is 6.64. The maximum atomic E-state index is 15.0. The predicted molar refractivity (Wildman–Crippen MR) is 129 cm³/mol. The first-order chi connectivity index (χ1) is 17.1. The van der Waals surface area contributed by atoms with E-state index in [1.807, 2.05) is 0 Å². The number of H-pyrrole nitrogens is 1. The van der Waals surface area contributed by atoms with Crippen LogP contribution in [0.4, 0.5) is 23.2 Å². The number of anilines is 1. The molecule has 4 rings (SSSR count). The quantitative estimate of drug-likeness (QED) is 0.435. The van der Waals surface area contributed by atoms with Gasteiger partial charge >= 0.3 is 6.18 Å². The zero-order valence-corrected chi connectivity index (χ0v) is 20.7. The molecular weight excluding hydrogens is 494 g/mol. The number of likely N-dealkylation sites (tertiary alicyclic amines) is 1. The predicted octanol–water partition coefficient (Wildman–Crippen LogP) is 4.19. The number of aromatic amines is 1. The average molecular weight is 522 g/mol. The van der Waals surface area contributed by atoms with Crippen molar-refractivity contribution in [3.8, 4) is 0 Å². The number of aliphatic hydroxyl groups is 1. The lowest BCUT2D eigenvalue weighted by Gasteiger charge is -2.25. The number of carbonyl (C=O) groups is 1. The molecule has 2 aromatic heterocycles. The second kappa shape index (κ2) is 9.40. The first-order valence-electron chi connectivity index (χ1n) is 11.7. The number of pyridine rings is 1. The van der Waals surface area contributed by atoms with Gasteiger partial charge < -0.3 is 20.3 Å². The van der Waals surface area contributed by atoms with Gasteiger partial charge in [0.1, 0.15) is 11.6 Å². The highest BCUT2D eigenvalue weighted by atomic mass is 19.4. The molecule has 3 aromatic rings. The van der Waals surface area contributed by atoms with Crippen molar-refractivity contribution in [1.29, 1.82) is 0 Å². The molecule has 0 saturated carbocycles. The first-order valence-corrected chi connectivity index (χ1v) is 11.7. The van der Waals surface area contributed by atoms with Gasteiger partial charge in [0.05, 0.1) is 22.7 Å². The number of carbonyl (C=O) groups excluding carboxylic acids is 1. The average Bonchev–Trinajstić information content (AvgIpc) is 3.29. The van der Waals surface area contributed by atoms with E-state index in [1.54, 1.807) is 13.8 Å². The number of amides is 1. The number of alkyl halides is 3. The summed E-state index contributed by atoms with van der Waals surface area (Å²) in [7, 11) is 0. The number of hydrogen-bond acceptors (Lipinski definition) is 6. The van der Waals surface area contributed by atoms with Crippen LogP contribution < -0.4 is 10.9 Å². The first kappa shape index (κ1) is 26.5. The fourth-order valence-electron chi connectivity index (χ4n) is 4.53. The highest BCUT2D eigenvalue weighted by molar-refractivity contribution is 5.94. The van der Waals surface area contributed by atoms with E-state index in [0.717, 1.165) is 12.1 Å². The number of hydrogen-bond donors (Lipinski definition) is 3. The summed E-state index contributed by atoms with van der Waals surface area (Å²) in [5, 5.41) is 12.8. The molecule has 8 nitrogen and oxygen atoms in total. The number of fused-ring (bicyclic) bond motifs is 1. The third kappa shape index (κ3) is 5.43. The van der Waals surface area contributed by atoms with Gasteiger partial charge in [0.25, 0.3) is 11.5 Å². The van der Waals surface area contributed by atoms with Crippen LogP contribution in [0.15, 0.2) is 29.1 Å². The van der Waals surface area contributed by atoms with Gasteiger partial charge in [-0.1, -0.05) is 0 Å². The van der Waals surface area contributed by atoms with Crippen LogP contribution in [0.5, 0.6) is 0 Å². The van der Waals surface area contributed by atoms with Crippen LogP contribution in [0.25, 0.3) is 11.0 Å². The highest BCUT2D eigenvalue weighted by Gasteiger charge is 2.38. The summed E-state index contributed by atoms with van der Waals surface area (Å²) < 4.78 is 56.4. The molecule has 0 spiro atoms. The van der Waals surface area contributed by atoms with E-state index in [0.29, 0.717) is 19.5 Å². The SMILES string of the molecule is Cc1nc2nc(C(F)(F)F)c(C(C)Nc3ccc(C(=O)N4CCC(C(C)(C)O)C4)cc3F)cc2c(=O)[nH]1. The fraction of sp³-hybridized carbons (Fsp3) is 0.440. The Morgan fingerprint density at radius 2 is 1.95 bits per heavy atom. The zero-order valence-electron chi connectivity index (χ0n) is 20.7. The summed E-state index contributed by atoms with van der Waals surface area (Å²) in [4.78, 5) is 36.6. The maximum absolute atomic E-state index is 15.0. The molecule has 1 aromatic carbocycles. The summed E-state index contributed by atoms with van der Waals surface area (Å²) in [5.41, 5.74) is -3.55. The van der Waals surface area contributed by atoms with Gasteiger partial charge in [-0.15, -0.1) is 0 Å². The summed E-state index contributed by atoms with van der Waals surface area (Å²) >= 11 is 0. The van der Waals surface area contributed by atoms with Gasteiger partial charge in [0.15, 0.2) is 11.3 Å². The van der Waals surface area contributed by atoms with Crippen molar-refractivity contribution in [3.05, 3.63) is 63.1 Å². The van der Waals surface area contributed by atoms with Crippen molar-refractivity contribution < 1.29 is 27.5 Å². The Morgan fingerprint density at radius 1 is 1.24 bits per heavy atom. The summed E-state index contributed by atoms with van der Waals surface area (Å²) in [5.74, 6) is -1.20. The van der Waals surface area contributed by atoms with E-state index < -0.39 is 40.8 Å². The Bertz CT molecular complexity index is 1410. The highest BCUT2D eigenvalue weighted by Crippen LogP contribution is 2.36. The minimum atomic E-state index is -4.84. The van der Waals surface area contributed by atoms with Gasteiger partial charge in [0.2, 0.25) is 0 Å². The molecule has 1 aliphatic rings. The number of halogens is 4. The molecule has 2 atom stereocenters. The topological polar surface area (TPSA) is 111 Å². The fourth-order valence-corrected chi connectivity index (χ4v) is 4.53. The van der Waals surface area contributed by atoms with Crippen LogP contribution >= 0.6 is 0 Å². The molecule has 12 heteroatoms. The van der Waals surface area contributed by atoms with Crippen LogP contribution in [0.1, 0.15) is 60.7 Å². The van der Waals surface area contributed by atoms with E-state index in [9.17, 15) is 32.3 Å². The minimum Gasteiger partial charge on any atom is -0.390 e. The molecule has 3 N–H and O–H groups in total. The molecule has 3 heterocycles. The number of nitrogens with one attached hydrogen (secondary N) is 2. The lowest BCUT2D eigenvalue weighted by Crippen LogP contribution is -2.35. The molecule has 0 radical (unpaired) electrons. The minimum absolute atomic E-state index is 0.0865. The maximum Gasteiger partial charge on any atom is 0.433 e. The van der Waals surface area contributed by atoms with Crippen molar-refractivity contribution in [1.82, 2.24) is 19.9 Å². The van der Waals surface area contributed by atoms with Crippen molar-refractivity contribution >= 4 is 22.6 Å². The van der Waals surface area contributed by atoms with Crippen molar-refractivity contribution in [2.24, 2.45) is 5.92 Å². The van der Waals surface area contributed by atoms with Crippen LogP contribution in [0.2, 0.25) is 0 Å². The van der Waals surface area contributed by atoms with Crippen molar-refractivity contribution in [2.45, 2.75) is 51.9 Å². The molecule has 198 valence electrons. The normalized spacial score (nSPS) is 17.3. The Hall–Kier alpha value is -3.54. The Balaban J connectivity index is 1.60. The van der Waals surface area contributed by atoms with E-state index in [4.69, 9.17) is 0 Å². The summed E-state index contributed by atoms with van der Waals surface area (Å²) in [6.07, 6.45) is -4.22. The van der Waals surface area contributed by atoms with Gasteiger partial charge in [-0.2, -0.15) is 13.2 Å². The van der Waals surface area contributed by atoms with Gasteiger partial charge in [-0.3, -0.25) is 9.59 Å². The van der Waals surface area contributed by atoms with Gasteiger partial charge in [0, 0.05) is 30.1 Å². The molecule has 1 saturated heterocycles. The van der Waals surface area contributed by atoms with Crippen LogP contribution in [-0.2, 0) is 6.18 Å². The number of nitrogens with zero attached hydrogens (tertiary/aromatic N) is 3. The van der Waals surface area contributed by atoms with Crippen LogP contribution in [-0.4, -0.2) is 49.6 Å². The standard InChI is InChI=1S/C25H27F4N5O3/c1-12(16-10-17-21(31-13(2)32-22(17)35)33-20(16)25(27,28)29)30-19-6-5-14(9-18(19)26)23(36)34-8-7-15(11-34)24(3,4)37/h5-6,9-10,12,15,30,37H,7-8,11H2,1-4H3,(H,31,32,33,35). The molecule has 0 bridgehead atoms. The Morgan fingerprint density at radius 3 is 2.54 bits per heavy atom. The molecule has 1 fully saturated rings. The van der Waals surface area contributed by atoms with E-state index in [2.05, 4.69) is 20.3 Å². The van der Waals surface area contributed by atoms with Crippen molar-refractivity contribution in [2.75, 3.05) is 18.4 Å². The summed E-state index contributed by atoms with van der Waals surface area (Å²) in [6.45, 7) is 6.93. The number of rotatable bonds is 5. The monoisotopic (exact) mass is 521 g/mol. The van der Waals surface area contributed by atoms with Crippen molar-refractivity contribution in [3.63, 3.8) is 0 Å². The lowest BCUT2D eigenvalue weighted by atomic mass is 9.90. The lowest BCUT2D eigenvalue weighted by molar-refractivity contribution is -0.141. The summed E-state index contributed by atoms with van der Waals surface area (Å²) in [6, 6.07) is 3.64. The van der Waals surface area contributed by atoms with E-state index >= 15 is 0 Å². The zero-order chi connectivity index (χ0) is 27.3. The Kier molecular flexibility index (Phi) is 6.74. The largest absolute Gasteiger partial charge is 0.433 e. The number of aromatic nitrogens is 3. The molecule has 2 unspecified atom stereocenters. The van der Waals surface area contributed by atoms with Crippen LogP contribution in [0.3, 0.4) is 0 Å². The molecule has 37 heavy (non-hydrogen) atoms. The smallest absolute Gasteiger partial charge is 0.390 e. The van der Waals surface area contributed by atoms with E-state index in [1.165, 1.54) is 30.9 Å². The molecular formula is C25H27F4N5O3. The van der Waals surface area contributed by atoms with E-state index in [-0.39, 0.29) is 39.6 Å². The molecule has 1 amide bonds. The number of benzene rings is 1. The third-order valence-corrected chi connectivity index (χ3v) is 6.64. The van der Waals surface area contributed by atoms with Crippen LogP contribution in [0, 0.1) is 18.7 Å². The Labute approximate surface area is 209 Å². The molecule has 1 aliphatic heterocycles. The second-order valence-electron chi connectivity index (χ2n) is 9.90.